The lowest BCUT2D eigenvalue weighted by molar-refractivity contribution is 0.278. The second-order valence-electron chi connectivity index (χ2n) is 7.79. The molecule has 0 radical (unpaired) electrons. The Hall–Kier alpha value is -2.21. The van der Waals surface area contributed by atoms with E-state index in [-0.39, 0.29) is 6.04 Å². The second-order valence-corrected chi connectivity index (χ2v) is 7.79. The number of hydrogen-bond donors (Lipinski definition) is 2. The molecule has 1 saturated heterocycles. The SMILES string of the molecule is CC1CC(CN(C)Cc2nc3ccccc3n2C(C)c2ccccc2)NN1. The summed E-state index contributed by atoms with van der Waals surface area (Å²) in [5, 5.41) is 0. The Bertz CT molecular complexity index is 888. The van der Waals surface area contributed by atoms with Crippen LogP contribution in [0.15, 0.2) is 54.6 Å². The molecule has 3 aromatic rings. The molecule has 2 N–H and O–H groups in total. The normalized spacial score (nSPS) is 21.2. The molecule has 1 fully saturated rings. The van der Waals surface area contributed by atoms with Crippen molar-refractivity contribution >= 4 is 11.0 Å². The number of aromatic nitrogens is 2. The van der Waals surface area contributed by atoms with Gasteiger partial charge in [0.05, 0.1) is 23.6 Å². The van der Waals surface area contributed by atoms with Crippen molar-refractivity contribution < 1.29 is 0 Å². The number of benzene rings is 2. The van der Waals surface area contributed by atoms with Gasteiger partial charge in [-0.2, -0.15) is 0 Å². The Labute approximate surface area is 161 Å². The fourth-order valence-electron chi connectivity index (χ4n) is 4.13. The lowest BCUT2D eigenvalue weighted by Gasteiger charge is -2.23. The first kappa shape index (κ1) is 18.2. The molecule has 0 spiro atoms. The molecule has 0 bridgehead atoms. The van der Waals surface area contributed by atoms with E-state index in [1.54, 1.807) is 0 Å². The molecule has 0 amide bonds. The van der Waals surface area contributed by atoms with E-state index in [1.807, 2.05) is 0 Å². The van der Waals surface area contributed by atoms with E-state index in [0.717, 1.165) is 30.9 Å². The number of rotatable bonds is 6. The van der Waals surface area contributed by atoms with Gasteiger partial charge in [-0.15, -0.1) is 0 Å². The predicted octanol–water partition coefficient (Wildman–Crippen LogP) is 3.33. The average Bonchev–Trinajstić information content (AvgIpc) is 3.24. The number of para-hydroxylation sites is 2. The van der Waals surface area contributed by atoms with Gasteiger partial charge in [-0.05, 0) is 45.0 Å². The minimum absolute atomic E-state index is 0.244. The Morgan fingerprint density at radius 3 is 2.59 bits per heavy atom. The van der Waals surface area contributed by atoms with Gasteiger partial charge in [0.2, 0.25) is 0 Å². The first-order chi connectivity index (χ1) is 13.1. The molecule has 0 saturated carbocycles. The minimum Gasteiger partial charge on any atom is -0.320 e. The molecule has 5 heteroatoms. The van der Waals surface area contributed by atoms with Crippen LogP contribution in [0.1, 0.15) is 37.7 Å². The summed E-state index contributed by atoms with van der Waals surface area (Å²) in [5.41, 5.74) is 10.3. The molecule has 3 atom stereocenters. The highest BCUT2D eigenvalue weighted by Crippen LogP contribution is 2.26. The summed E-state index contributed by atoms with van der Waals surface area (Å²) in [6, 6.07) is 20.4. The third kappa shape index (κ3) is 3.90. The van der Waals surface area contributed by atoms with Gasteiger partial charge < -0.3 is 4.57 Å². The van der Waals surface area contributed by atoms with Gasteiger partial charge in [0.1, 0.15) is 5.82 Å². The Morgan fingerprint density at radius 2 is 1.85 bits per heavy atom. The zero-order valence-electron chi connectivity index (χ0n) is 16.4. The Morgan fingerprint density at radius 1 is 1.11 bits per heavy atom. The van der Waals surface area contributed by atoms with Crippen LogP contribution < -0.4 is 10.9 Å². The van der Waals surface area contributed by atoms with Gasteiger partial charge >= 0.3 is 0 Å². The van der Waals surface area contributed by atoms with Crippen molar-refractivity contribution in [3.05, 3.63) is 66.0 Å². The van der Waals surface area contributed by atoms with Gasteiger partial charge in [-0.25, -0.2) is 4.98 Å². The third-order valence-electron chi connectivity index (χ3n) is 5.45. The molecule has 2 aromatic carbocycles. The summed E-state index contributed by atoms with van der Waals surface area (Å²) in [6.07, 6.45) is 1.15. The lowest BCUT2D eigenvalue weighted by Crippen LogP contribution is -2.39. The zero-order valence-corrected chi connectivity index (χ0v) is 16.4. The quantitative estimate of drug-likeness (QED) is 0.705. The largest absolute Gasteiger partial charge is 0.320 e. The van der Waals surface area contributed by atoms with E-state index in [9.17, 15) is 0 Å². The highest BCUT2D eigenvalue weighted by molar-refractivity contribution is 5.76. The number of fused-ring (bicyclic) bond motifs is 1. The molecule has 1 aliphatic rings. The van der Waals surface area contributed by atoms with Crippen LogP contribution in [0.5, 0.6) is 0 Å². The van der Waals surface area contributed by atoms with E-state index < -0.39 is 0 Å². The summed E-state index contributed by atoms with van der Waals surface area (Å²) in [4.78, 5) is 7.34. The molecule has 1 aliphatic heterocycles. The van der Waals surface area contributed by atoms with Crippen molar-refractivity contribution in [1.29, 1.82) is 0 Å². The molecular weight excluding hydrogens is 334 g/mol. The van der Waals surface area contributed by atoms with E-state index >= 15 is 0 Å². The summed E-state index contributed by atoms with van der Waals surface area (Å²) in [7, 11) is 2.18. The Balaban J connectivity index is 1.62. The fourth-order valence-corrected chi connectivity index (χ4v) is 4.13. The lowest BCUT2D eigenvalue weighted by atomic mass is 10.1. The first-order valence-electron chi connectivity index (χ1n) is 9.82. The number of hydrazine groups is 1. The fraction of sp³-hybridized carbons (Fsp3) is 0.409. The van der Waals surface area contributed by atoms with Crippen molar-refractivity contribution in [2.75, 3.05) is 13.6 Å². The van der Waals surface area contributed by atoms with Crippen molar-refractivity contribution in [2.45, 2.75) is 44.9 Å². The van der Waals surface area contributed by atoms with E-state index in [2.05, 4.69) is 95.8 Å². The zero-order chi connectivity index (χ0) is 18.8. The van der Waals surface area contributed by atoms with Gasteiger partial charge in [-0.1, -0.05) is 42.5 Å². The van der Waals surface area contributed by atoms with Crippen LogP contribution in [0.4, 0.5) is 0 Å². The number of hydrogen-bond acceptors (Lipinski definition) is 4. The maximum absolute atomic E-state index is 4.97. The van der Waals surface area contributed by atoms with Crippen LogP contribution in [0.25, 0.3) is 11.0 Å². The molecular formula is C22H29N5. The van der Waals surface area contributed by atoms with E-state index in [4.69, 9.17) is 4.98 Å². The molecule has 5 nitrogen and oxygen atoms in total. The van der Waals surface area contributed by atoms with Crippen LogP contribution in [-0.4, -0.2) is 40.1 Å². The summed E-state index contributed by atoms with van der Waals surface area (Å²) >= 11 is 0. The molecule has 0 aliphatic carbocycles. The van der Waals surface area contributed by atoms with Crippen LogP contribution in [-0.2, 0) is 6.54 Å². The molecule has 3 unspecified atom stereocenters. The van der Waals surface area contributed by atoms with Crippen LogP contribution in [0.3, 0.4) is 0 Å². The van der Waals surface area contributed by atoms with Crippen molar-refractivity contribution in [3.63, 3.8) is 0 Å². The first-order valence-corrected chi connectivity index (χ1v) is 9.82. The Kier molecular flexibility index (Phi) is 5.25. The molecule has 142 valence electrons. The van der Waals surface area contributed by atoms with Gasteiger partial charge in [-0.3, -0.25) is 15.8 Å². The van der Waals surface area contributed by atoms with Gasteiger partial charge in [0.15, 0.2) is 0 Å². The molecule has 4 rings (SSSR count). The van der Waals surface area contributed by atoms with Gasteiger partial charge in [0.25, 0.3) is 0 Å². The molecule has 1 aromatic heterocycles. The van der Waals surface area contributed by atoms with Gasteiger partial charge in [0, 0.05) is 18.6 Å². The van der Waals surface area contributed by atoms with E-state index in [1.165, 1.54) is 11.1 Å². The monoisotopic (exact) mass is 363 g/mol. The predicted molar refractivity (Wildman–Crippen MR) is 110 cm³/mol. The number of imidazole rings is 1. The smallest absolute Gasteiger partial charge is 0.124 e. The maximum Gasteiger partial charge on any atom is 0.124 e. The summed E-state index contributed by atoms with van der Waals surface area (Å²) < 4.78 is 2.39. The topological polar surface area (TPSA) is 45.1 Å². The third-order valence-corrected chi connectivity index (χ3v) is 5.45. The molecule has 2 heterocycles. The summed E-state index contributed by atoms with van der Waals surface area (Å²) in [5.74, 6) is 1.12. The van der Waals surface area contributed by atoms with Crippen LogP contribution >= 0.6 is 0 Å². The number of nitrogens with one attached hydrogen (secondary N) is 2. The average molecular weight is 364 g/mol. The molecule has 27 heavy (non-hydrogen) atoms. The van der Waals surface area contributed by atoms with Crippen LogP contribution in [0, 0.1) is 0 Å². The van der Waals surface area contributed by atoms with Crippen molar-refractivity contribution in [3.8, 4) is 0 Å². The number of likely N-dealkylation sites (N-methyl/N-ethyl adjacent to an activating group) is 1. The van der Waals surface area contributed by atoms with E-state index in [0.29, 0.717) is 12.1 Å². The highest BCUT2D eigenvalue weighted by Gasteiger charge is 2.23. The van der Waals surface area contributed by atoms with Crippen LogP contribution in [0.2, 0.25) is 0 Å². The van der Waals surface area contributed by atoms with Crippen molar-refractivity contribution in [1.82, 2.24) is 25.3 Å². The minimum atomic E-state index is 0.244. The highest BCUT2D eigenvalue weighted by atomic mass is 15.4. The summed E-state index contributed by atoms with van der Waals surface area (Å²) in [6.45, 7) is 6.31. The van der Waals surface area contributed by atoms with Crippen molar-refractivity contribution in [2.24, 2.45) is 0 Å². The standard InChI is InChI=1S/C22H29N5/c1-16-13-19(25-24-16)14-26(3)15-22-23-20-11-7-8-12-21(20)27(22)17(2)18-9-5-4-6-10-18/h4-12,16-17,19,24-25H,13-15H2,1-3H3. The maximum atomic E-state index is 4.97. The number of nitrogens with zero attached hydrogens (tertiary/aromatic N) is 3. The second kappa shape index (κ2) is 7.80.